The van der Waals surface area contributed by atoms with Crippen LogP contribution in [0.1, 0.15) is 32.6 Å². The number of nitrogens with zero attached hydrogens (tertiary/aromatic N) is 3. The van der Waals surface area contributed by atoms with Crippen LogP contribution in [0.5, 0.6) is 0 Å². The van der Waals surface area contributed by atoms with E-state index in [1.807, 2.05) is 0 Å². The number of hydrogen-bond donors (Lipinski definition) is 1. The first kappa shape index (κ1) is 14.3. The second kappa shape index (κ2) is 6.00. The maximum Gasteiger partial charge on any atom is 0.320 e. The van der Waals surface area contributed by atoms with Crippen molar-refractivity contribution in [3.63, 3.8) is 0 Å². The van der Waals surface area contributed by atoms with E-state index in [9.17, 15) is 4.79 Å². The van der Waals surface area contributed by atoms with Gasteiger partial charge >= 0.3 is 5.97 Å². The van der Waals surface area contributed by atoms with Gasteiger partial charge in [0.25, 0.3) is 0 Å². The first-order chi connectivity index (χ1) is 9.66. The van der Waals surface area contributed by atoms with E-state index in [0.717, 1.165) is 38.3 Å². The molecule has 3 saturated heterocycles. The molecule has 114 valence electrons. The summed E-state index contributed by atoms with van der Waals surface area (Å²) in [5.74, 6) is -0.697. The summed E-state index contributed by atoms with van der Waals surface area (Å²) in [6, 6.07) is 1.15. The van der Waals surface area contributed by atoms with Crippen molar-refractivity contribution in [1.82, 2.24) is 14.7 Å². The molecule has 0 radical (unpaired) electrons. The molecule has 3 rings (SSSR count). The molecule has 0 bridgehead atoms. The molecule has 0 amide bonds. The van der Waals surface area contributed by atoms with E-state index in [1.165, 1.54) is 38.8 Å². The molecule has 0 spiro atoms. The van der Waals surface area contributed by atoms with Gasteiger partial charge in [-0.3, -0.25) is 19.5 Å². The minimum atomic E-state index is -0.697. The molecule has 3 unspecified atom stereocenters. The fourth-order valence-corrected chi connectivity index (χ4v) is 4.26. The Morgan fingerprint density at radius 1 is 0.950 bits per heavy atom. The van der Waals surface area contributed by atoms with Crippen LogP contribution in [0.15, 0.2) is 0 Å². The number of piperidine rings is 1. The highest BCUT2D eigenvalue weighted by molar-refractivity contribution is 5.72. The van der Waals surface area contributed by atoms with Gasteiger partial charge in [-0.05, 0) is 32.7 Å². The summed E-state index contributed by atoms with van der Waals surface area (Å²) in [5, 5.41) is 9.10. The third kappa shape index (κ3) is 2.71. The maximum atomic E-state index is 11.1. The third-order valence-electron chi connectivity index (χ3n) is 5.54. The Morgan fingerprint density at radius 3 is 2.30 bits per heavy atom. The molecule has 3 heterocycles. The minimum absolute atomic E-state index is 0.341. The first-order valence-corrected chi connectivity index (χ1v) is 8.12. The molecular weight excluding hydrogens is 254 g/mol. The fourth-order valence-electron chi connectivity index (χ4n) is 4.26. The van der Waals surface area contributed by atoms with Crippen molar-refractivity contribution >= 4 is 5.97 Å². The van der Waals surface area contributed by atoms with Gasteiger partial charge in [-0.2, -0.15) is 0 Å². The summed E-state index contributed by atoms with van der Waals surface area (Å²) < 4.78 is 0. The van der Waals surface area contributed by atoms with Gasteiger partial charge in [-0.25, -0.2) is 0 Å². The van der Waals surface area contributed by atoms with Gasteiger partial charge in [0.2, 0.25) is 0 Å². The SMILES string of the molecule is CC(C(=O)O)N1CCN(C2CCN3CCCCC23)CC1. The Bertz CT molecular complexity index is 355. The molecule has 0 aromatic heterocycles. The van der Waals surface area contributed by atoms with Crippen LogP contribution in [0.2, 0.25) is 0 Å². The van der Waals surface area contributed by atoms with Crippen LogP contribution in [-0.2, 0) is 4.79 Å². The molecule has 20 heavy (non-hydrogen) atoms. The Labute approximate surface area is 121 Å². The van der Waals surface area contributed by atoms with Gasteiger partial charge in [0.05, 0.1) is 0 Å². The number of carboxylic acids is 1. The van der Waals surface area contributed by atoms with E-state index in [4.69, 9.17) is 5.11 Å². The second-order valence-electron chi connectivity index (χ2n) is 6.54. The summed E-state index contributed by atoms with van der Waals surface area (Å²) in [7, 11) is 0. The molecule has 3 aliphatic heterocycles. The zero-order valence-corrected chi connectivity index (χ0v) is 12.5. The largest absolute Gasteiger partial charge is 0.480 e. The normalized spacial score (nSPS) is 34.9. The summed E-state index contributed by atoms with van der Waals surface area (Å²) in [6.45, 7) is 8.22. The quantitative estimate of drug-likeness (QED) is 0.825. The van der Waals surface area contributed by atoms with E-state index in [0.29, 0.717) is 0 Å². The van der Waals surface area contributed by atoms with Crippen LogP contribution in [0.3, 0.4) is 0 Å². The van der Waals surface area contributed by atoms with Gasteiger partial charge in [0, 0.05) is 44.8 Å². The first-order valence-electron chi connectivity index (χ1n) is 8.12. The van der Waals surface area contributed by atoms with E-state index in [1.54, 1.807) is 6.92 Å². The van der Waals surface area contributed by atoms with Crippen molar-refractivity contribution in [2.75, 3.05) is 39.3 Å². The molecule has 3 aliphatic rings. The molecule has 0 saturated carbocycles. The van der Waals surface area contributed by atoms with Crippen molar-refractivity contribution in [2.45, 2.75) is 50.7 Å². The number of hydrogen-bond acceptors (Lipinski definition) is 4. The number of carboxylic acid groups (broad SMARTS) is 1. The maximum absolute atomic E-state index is 11.1. The topological polar surface area (TPSA) is 47.0 Å². The fraction of sp³-hybridized carbons (Fsp3) is 0.933. The molecule has 1 N–H and O–H groups in total. The molecule has 0 aliphatic carbocycles. The zero-order chi connectivity index (χ0) is 14.1. The van der Waals surface area contributed by atoms with Gasteiger partial charge in [0.15, 0.2) is 0 Å². The Balaban J connectivity index is 1.54. The Morgan fingerprint density at radius 2 is 1.60 bits per heavy atom. The smallest absolute Gasteiger partial charge is 0.320 e. The molecule has 0 aromatic carbocycles. The summed E-state index contributed by atoms with van der Waals surface area (Å²) in [6.07, 6.45) is 5.41. The van der Waals surface area contributed by atoms with Crippen molar-refractivity contribution in [2.24, 2.45) is 0 Å². The van der Waals surface area contributed by atoms with Gasteiger partial charge in [-0.1, -0.05) is 6.42 Å². The lowest BCUT2D eigenvalue weighted by Gasteiger charge is -2.43. The number of aliphatic carboxylic acids is 1. The molecule has 0 aromatic rings. The van der Waals surface area contributed by atoms with E-state index < -0.39 is 5.97 Å². The number of carbonyl (C=O) groups is 1. The second-order valence-corrected chi connectivity index (χ2v) is 6.54. The van der Waals surface area contributed by atoms with Gasteiger partial charge in [-0.15, -0.1) is 0 Å². The monoisotopic (exact) mass is 281 g/mol. The molecule has 5 heteroatoms. The number of rotatable bonds is 3. The molecular formula is C15H27N3O2. The molecule has 5 nitrogen and oxygen atoms in total. The van der Waals surface area contributed by atoms with Crippen molar-refractivity contribution in [3.8, 4) is 0 Å². The molecule has 3 fully saturated rings. The number of piperazine rings is 1. The average Bonchev–Trinajstić information content (AvgIpc) is 2.90. The lowest BCUT2D eigenvalue weighted by Crippen LogP contribution is -2.56. The van der Waals surface area contributed by atoms with Crippen LogP contribution in [0.4, 0.5) is 0 Å². The van der Waals surface area contributed by atoms with Crippen molar-refractivity contribution < 1.29 is 9.90 Å². The lowest BCUT2D eigenvalue weighted by atomic mass is 9.97. The third-order valence-corrected chi connectivity index (χ3v) is 5.54. The highest BCUT2D eigenvalue weighted by Crippen LogP contribution is 2.31. The Hall–Kier alpha value is -0.650. The van der Waals surface area contributed by atoms with Crippen LogP contribution >= 0.6 is 0 Å². The molecule has 3 atom stereocenters. The van der Waals surface area contributed by atoms with Crippen LogP contribution < -0.4 is 0 Å². The lowest BCUT2D eigenvalue weighted by molar-refractivity contribution is -0.143. The minimum Gasteiger partial charge on any atom is -0.480 e. The predicted octanol–water partition coefficient (Wildman–Crippen LogP) is 0.704. The number of fused-ring (bicyclic) bond motifs is 1. The Kier molecular flexibility index (Phi) is 4.29. The van der Waals surface area contributed by atoms with Crippen molar-refractivity contribution in [1.29, 1.82) is 0 Å². The summed E-state index contributed by atoms with van der Waals surface area (Å²) in [4.78, 5) is 18.5. The zero-order valence-electron chi connectivity index (χ0n) is 12.5. The van der Waals surface area contributed by atoms with Crippen LogP contribution in [0.25, 0.3) is 0 Å². The van der Waals surface area contributed by atoms with E-state index in [2.05, 4.69) is 14.7 Å². The summed E-state index contributed by atoms with van der Waals surface area (Å²) in [5.41, 5.74) is 0. The van der Waals surface area contributed by atoms with E-state index >= 15 is 0 Å². The predicted molar refractivity (Wildman–Crippen MR) is 77.9 cm³/mol. The van der Waals surface area contributed by atoms with Crippen molar-refractivity contribution in [3.05, 3.63) is 0 Å². The highest BCUT2D eigenvalue weighted by Gasteiger charge is 2.39. The average molecular weight is 281 g/mol. The standard InChI is InChI=1S/C15H27N3O2/c1-12(15(19)20)16-8-10-18(11-9-16)14-5-7-17-6-3-2-4-13(14)17/h12-14H,2-11H2,1H3,(H,19,20). The summed E-state index contributed by atoms with van der Waals surface area (Å²) >= 11 is 0. The van der Waals surface area contributed by atoms with E-state index in [-0.39, 0.29) is 6.04 Å². The van der Waals surface area contributed by atoms with Crippen LogP contribution in [-0.4, -0.2) is 83.2 Å². The van der Waals surface area contributed by atoms with Crippen LogP contribution in [0, 0.1) is 0 Å². The van der Waals surface area contributed by atoms with Gasteiger partial charge < -0.3 is 5.11 Å². The highest BCUT2D eigenvalue weighted by atomic mass is 16.4. The van der Waals surface area contributed by atoms with Gasteiger partial charge in [0.1, 0.15) is 6.04 Å².